The minimum atomic E-state index is -4.49. The van der Waals surface area contributed by atoms with Crippen LogP contribution in [-0.2, 0) is 35.9 Å². The molecule has 1 unspecified atom stereocenters. The van der Waals surface area contributed by atoms with E-state index in [-0.39, 0.29) is 36.4 Å². The quantitative estimate of drug-likeness (QED) is 0.703. The second-order valence-corrected chi connectivity index (χ2v) is 8.27. The fourth-order valence-electron chi connectivity index (χ4n) is 3.92. The summed E-state index contributed by atoms with van der Waals surface area (Å²) in [6.45, 7) is 4.72. The molecule has 1 fully saturated rings. The number of nitrogens with zero attached hydrogens (tertiary/aromatic N) is 4. The number of nitrogens with one attached hydrogen (secondary N) is 1. The van der Waals surface area contributed by atoms with Gasteiger partial charge < -0.3 is 10.2 Å². The topological polar surface area (TPSA) is 70.5 Å². The van der Waals surface area contributed by atoms with E-state index in [1.54, 1.807) is 33.8 Å². The summed E-state index contributed by atoms with van der Waals surface area (Å²) in [7, 11) is 1.79. The molecule has 1 aromatic carbocycles. The monoisotopic (exact) mass is 451 g/mol. The van der Waals surface area contributed by atoms with Crippen LogP contribution in [0.5, 0.6) is 0 Å². The van der Waals surface area contributed by atoms with Crippen molar-refractivity contribution in [3.8, 4) is 0 Å². The standard InChI is InChI=1S/C22H28F3N5O2/c1-15(2)30(13-16-11-27-28(3)12-16)20(31)10-19-21(32)26-8-9-29(19)14-17-6-4-5-7-18(17)22(23,24)25/h4-7,11-12,15,19H,8-10,13-14H2,1-3H3,(H,26,32). The highest BCUT2D eigenvalue weighted by Crippen LogP contribution is 2.33. The maximum Gasteiger partial charge on any atom is 0.416 e. The molecule has 2 heterocycles. The van der Waals surface area contributed by atoms with Crippen molar-refractivity contribution in [3.63, 3.8) is 0 Å². The average molecular weight is 451 g/mol. The summed E-state index contributed by atoms with van der Waals surface area (Å²) >= 11 is 0. The second-order valence-electron chi connectivity index (χ2n) is 8.27. The number of hydrogen-bond acceptors (Lipinski definition) is 4. The summed E-state index contributed by atoms with van der Waals surface area (Å²) in [5, 5.41) is 6.85. The van der Waals surface area contributed by atoms with Crippen molar-refractivity contribution in [2.45, 2.75) is 51.6 Å². The summed E-state index contributed by atoms with van der Waals surface area (Å²) in [6, 6.07) is 4.38. The lowest BCUT2D eigenvalue weighted by atomic mass is 10.0. The Morgan fingerprint density at radius 3 is 2.66 bits per heavy atom. The number of piperazine rings is 1. The van der Waals surface area contributed by atoms with E-state index in [9.17, 15) is 22.8 Å². The molecule has 1 aliphatic rings. The second kappa shape index (κ2) is 9.72. The van der Waals surface area contributed by atoms with E-state index in [0.29, 0.717) is 19.6 Å². The van der Waals surface area contributed by atoms with E-state index in [1.165, 1.54) is 12.1 Å². The first-order valence-corrected chi connectivity index (χ1v) is 10.5. The number of amides is 2. The summed E-state index contributed by atoms with van der Waals surface area (Å²) in [6.07, 6.45) is -1.11. The van der Waals surface area contributed by atoms with Crippen LogP contribution in [0.2, 0.25) is 0 Å². The van der Waals surface area contributed by atoms with Gasteiger partial charge in [0.25, 0.3) is 0 Å². The van der Waals surface area contributed by atoms with Gasteiger partial charge in [0.05, 0.1) is 24.2 Å². The Labute approximate surface area is 185 Å². The number of rotatable bonds is 7. The largest absolute Gasteiger partial charge is 0.416 e. The van der Waals surface area contributed by atoms with Crippen molar-refractivity contribution in [1.82, 2.24) is 24.9 Å². The SMILES string of the molecule is CC(C)N(Cc1cnn(C)c1)C(=O)CC1C(=O)NCCN1Cc1ccccc1C(F)(F)F. The molecule has 2 aromatic rings. The Morgan fingerprint density at radius 1 is 1.31 bits per heavy atom. The smallest absolute Gasteiger partial charge is 0.353 e. The molecule has 1 N–H and O–H groups in total. The summed E-state index contributed by atoms with van der Waals surface area (Å²) < 4.78 is 41.9. The zero-order chi connectivity index (χ0) is 23.5. The molecule has 32 heavy (non-hydrogen) atoms. The van der Waals surface area contributed by atoms with E-state index in [1.807, 2.05) is 20.0 Å². The third-order valence-corrected chi connectivity index (χ3v) is 5.56. The van der Waals surface area contributed by atoms with Crippen LogP contribution in [0.15, 0.2) is 36.7 Å². The lowest BCUT2D eigenvalue weighted by molar-refractivity contribution is -0.141. The van der Waals surface area contributed by atoms with Crippen LogP contribution in [-0.4, -0.2) is 56.6 Å². The van der Waals surface area contributed by atoms with Gasteiger partial charge in [-0.15, -0.1) is 0 Å². The third kappa shape index (κ3) is 5.67. The molecular weight excluding hydrogens is 423 g/mol. The molecule has 10 heteroatoms. The molecular formula is C22H28F3N5O2. The number of benzene rings is 1. The van der Waals surface area contributed by atoms with Crippen LogP contribution in [0.25, 0.3) is 0 Å². The molecule has 7 nitrogen and oxygen atoms in total. The predicted molar refractivity (Wildman–Crippen MR) is 112 cm³/mol. The first kappa shape index (κ1) is 23.8. The number of hydrogen-bond donors (Lipinski definition) is 1. The number of aromatic nitrogens is 2. The van der Waals surface area contributed by atoms with Crippen LogP contribution in [0.1, 0.15) is 37.0 Å². The molecule has 1 atom stereocenters. The van der Waals surface area contributed by atoms with Gasteiger partial charge in [0.15, 0.2) is 0 Å². The van der Waals surface area contributed by atoms with E-state index >= 15 is 0 Å². The lowest BCUT2D eigenvalue weighted by Crippen LogP contribution is -2.56. The van der Waals surface area contributed by atoms with Gasteiger partial charge in [-0.3, -0.25) is 19.2 Å². The number of aryl methyl sites for hydroxylation is 1. The van der Waals surface area contributed by atoms with Crippen molar-refractivity contribution in [1.29, 1.82) is 0 Å². The molecule has 0 bridgehead atoms. The van der Waals surface area contributed by atoms with E-state index in [4.69, 9.17) is 0 Å². The first-order chi connectivity index (χ1) is 15.1. The van der Waals surface area contributed by atoms with Crippen molar-refractivity contribution in [2.75, 3.05) is 13.1 Å². The summed E-state index contributed by atoms with van der Waals surface area (Å²) in [4.78, 5) is 29.1. The molecule has 1 aromatic heterocycles. The molecule has 1 aliphatic heterocycles. The minimum absolute atomic E-state index is 0.0642. The Hall–Kier alpha value is -2.88. The molecule has 1 saturated heterocycles. The summed E-state index contributed by atoms with van der Waals surface area (Å²) in [5.41, 5.74) is 0.221. The van der Waals surface area contributed by atoms with Gasteiger partial charge in [-0.2, -0.15) is 18.3 Å². The van der Waals surface area contributed by atoms with Crippen molar-refractivity contribution >= 4 is 11.8 Å². The highest BCUT2D eigenvalue weighted by atomic mass is 19.4. The Bertz CT molecular complexity index is 957. The zero-order valence-corrected chi connectivity index (χ0v) is 18.4. The van der Waals surface area contributed by atoms with E-state index < -0.39 is 17.8 Å². The van der Waals surface area contributed by atoms with Gasteiger partial charge in [-0.25, -0.2) is 0 Å². The highest BCUT2D eigenvalue weighted by Gasteiger charge is 2.37. The molecule has 0 saturated carbocycles. The number of carbonyl (C=O) groups excluding carboxylic acids is 2. The summed E-state index contributed by atoms with van der Waals surface area (Å²) in [5.74, 6) is -0.584. The van der Waals surface area contributed by atoms with Gasteiger partial charge >= 0.3 is 6.18 Å². The van der Waals surface area contributed by atoms with Crippen molar-refractivity contribution < 1.29 is 22.8 Å². The fraction of sp³-hybridized carbons (Fsp3) is 0.500. The Balaban J connectivity index is 1.78. The van der Waals surface area contributed by atoms with Crippen LogP contribution >= 0.6 is 0 Å². The normalized spacial score (nSPS) is 17.5. The number of alkyl halides is 3. The fourth-order valence-corrected chi connectivity index (χ4v) is 3.92. The molecule has 0 spiro atoms. The molecule has 174 valence electrons. The zero-order valence-electron chi connectivity index (χ0n) is 18.4. The number of halogens is 3. The molecule has 3 rings (SSSR count). The number of carbonyl (C=O) groups is 2. The van der Waals surface area contributed by atoms with E-state index in [2.05, 4.69) is 10.4 Å². The maximum absolute atomic E-state index is 13.4. The lowest BCUT2D eigenvalue weighted by Gasteiger charge is -2.37. The van der Waals surface area contributed by atoms with Gasteiger partial charge in [-0.1, -0.05) is 18.2 Å². The molecule has 2 amide bonds. The maximum atomic E-state index is 13.4. The average Bonchev–Trinajstić information content (AvgIpc) is 3.13. The van der Waals surface area contributed by atoms with Gasteiger partial charge in [0, 0.05) is 51.0 Å². The van der Waals surface area contributed by atoms with Crippen molar-refractivity contribution in [3.05, 3.63) is 53.3 Å². The predicted octanol–water partition coefficient (Wildman–Crippen LogP) is 2.57. The first-order valence-electron chi connectivity index (χ1n) is 10.5. The minimum Gasteiger partial charge on any atom is -0.353 e. The molecule has 0 radical (unpaired) electrons. The highest BCUT2D eigenvalue weighted by molar-refractivity contribution is 5.89. The van der Waals surface area contributed by atoms with Crippen molar-refractivity contribution in [2.24, 2.45) is 7.05 Å². The van der Waals surface area contributed by atoms with Crippen LogP contribution in [0, 0.1) is 0 Å². The Kier molecular flexibility index (Phi) is 7.22. The van der Waals surface area contributed by atoms with Gasteiger partial charge in [0.1, 0.15) is 0 Å². The van der Waals surface area contributed by atoms with E-state index in [0.717, 1.165) is 11.6 Å². The van der Waals surface area contributed by atoms with Gasteiger partial charge in [-0.05, 0) is 25.5 Å². The van der Waals surface area contributed by atoms with Crippen LogP contribution in [0.3, 0.4) is 0 Å². The third-order valence-electron chi connectivity index (χ3n) is 5.56. The molecule has 0 aliphatic carbocycles. The van der Waals surface area contributed by atoms with Gasteiger partial charge in [0.2, 0.25) is 11.8 Å². The Morgan fingerprint density at radius 2 is 2.03 bits per heavy atom. The van der Waals surface area contributed by atoms with Crippen LogP contribution < -0.4 is 5.32 Å². The van der Waals surface area contributed by atoms with Crippen LogP contribution in [0.4, 0.5) is 13.2 Å².